The molecule has 1 aromatic rings. The number of hydrogen-bond acceptors (Lipinski definition) is 2. The Morgan fingerprint density at radius 1 is 1.41 bits per heavy atom. The number of benzene rings is 1. The fourth-order valence-electron chi connectivity index (χ4n) is 1.65. The summed E-state index contributed by atoms with van der Waals surface area (Å²) in [6, 6.07) is 3.73. The van der Waals surface area contributed by atoms with E-state index in [-0.39, 0.29) is 11.8 Å². The molecule has 1 N–H and O–H groups in total. The molecule has 0 heterocycles. The largest absolute Gasteiger partial charge is 0.496 e. The number of hydrogen-bond donors (Lipinski definition) is 1. The van der Waals surface area contributed by atoms with Crippen LogP contribution in [0.15, 0.2) is 16.6 Å². The lowest BCUT2D eigenvalue weighted by atomic mass is 9.85. The van der Waals surface area contributed by atoms with Gasteiger partial charge >= 0.3 is 5.97 Å². The van der Waals surface area contributed by atoms with Gasteiger partial charge in [-0.2, -0.15) is 0 Å². The van der Waals surface area contributed by atoms with E-state index < -0.39 is 5.97 Å². The molecule has 0 aliphatic carbocycles. The highest BCUT2D eigenvalue weighted by atomic mass is 79.9. The maximum Gasteiger partial charge on any atom is 0.307 e. The van der Waals surface area contributed by atoms with Crippen molar-refractivity contribution in [2.24, 2.45) is 0 Å². The van der Waals surface area contributed by atoms with Gasteiger partial charge in [0.15, 0.2) is 0 Å². The molecule has 17 heavy (non-hydrogen) atoms. The second-order valence-electron chi connectivity index (χ2n) is 4.96. The standard InChI is InChI=1S/C13H17BrO3/c1-13(2,3)9-7-10(14)8(6-12(15)16)5-11(9)17-4/h5,7H,6H2,1-4H3,(H,15,16). The third kappa shape index (κ3) is 3.46. The zero-order valence-corrected chi connectivity index (χ0v) is 12.1. The molecule has 0 spiro atoms. The van der Waals surface area contributed by atoms with Gasteiger partial charge in [0.2, 0.25) is 0 Å². The molecular weight excluding hydrogens is 284 g/mol. The molecule has 0 aliphatic heterocycles. The minimum atomic E-state index is -0.851. The molecule has 1 rings (SSSR count). The first kappa shape index (κ1) is 14.0. The van der Waals surface area contributed by atoms with Crippen molar-refractivity contribution >= 4 is 21.9 Å². The van der Waals surface area contributed by atoms with E-state index in [1.165, 1.54) is 0 Å². The highest BCUT2D eigenvalue weighted by molar-refractivity contribution is 9.10. The van der Waals surface area contributed by atoms with Gasteiger partial charge < -0.3 is 9.84 Å². The van der Waals surface area contributed by atoms with Crippen LogP contribution in [0, 0.1) is 0 Å². The van der Waals surface area contributed by atoms with Gasteiger partial charge in [0, 0.05) is 10.0 Å². The molecule has 0 amide bonds. The number of halogens is 1. The summed E-state index contributed by atoms with van der Waals surface area (Å²) in [4.78, 5) is 10.7. The first-order chi connectivity index (χ1) is 7.75. The van der Waals surface area contributed by atoms with E-state index in [2.05, 4.69) is 36.7 Å². The Bertz CT molecular complexity index is 433. The van der Waals surface area contributed by atoms with E-state index in [9.17, 15) is 4.79 Å². The average molecular weight is 301 g/mol. The topological polar surface area (TPSA) is 46.5 Å². The number of aliphatic carboxylic acids is 1. The van der Waals surface area contributed by atoms with Crippen LogP contribution in [0.3, 0.4) is 0 Å². The molecule has 1 aromatic carbocycles. The summed E-state index contributed by atoms with van der Waals surface area (Å²) in [6.45, 7) is 6.27. The van der Waals surface area contributed by atoms with Crippen molar-refractivity contribution in [2.45, 2.75) is 32.6 Å². The van der Waals surface area contributed by atoms with Crippen LogP contribution in [-0.4, -0.2) is 18.2 Å². The Labute approximate surface area is 110 Å². The summed E-state index contributed by atoms with van der Waals surface area (Å²) < 4.78 is 6.15. The Morgan fingerprint density at radius 3 is 2.41 bits per heavy atom. The van der Waals surface area contributed by atoms with Gasteiger partial charge in [-0.25, -0.2) is 0 Å². The van der Waals surface area contributed by atoms with Crippen molar-refractivity contribution in [3.8, 4) is 5.75 Å². The van der Waals surface area contributed by atoms with Gasteiger partial charge in [-0.15, -0.1) is 0 Å². The van der Waals surface area contributed by atoms with Crippen LogP contribution in [-0.2, 0) is 16.6 Å². The highest BCUT2D eigenvalue weighted by Gasteiger charge is 2.21. The summed E-state index contributed by atoms with van der Waals surface area (Å²) in [5, 5.41) is 8.82. The second kappa shape index (κ2) is 5.08. The molecular formula is C13H17BrO3. The molecule has 0 saturated carbocycles. The molecule has 0 radical (unpaired) electrons. The number of carboxylic acids is 1. The highest BCUT2D eigenvalue weighted by Crippen LogP contribution is 2.35. The summed E-state index contributed by atoms with van der Waals surface area (Å²) in [6.07, 6.45) is -0.0125. The quantitative estimate of drug-likeness (QED) is 0.931. The van der Waals surface area contributed by atoms with Crippen LogP contribution in [0.2, 0.25) is 0 Å². The Morgan fingerprint density at radius 2 is 2.00 bits per heavy atom. The number of ether oxygens (including phenoxy) is 1. The zero-order valence-electron chi connectivity index (χ0n) is 10.5. The van der Waals surface area contributed by atoms with E-state index in [0.29, 0.717) is 0 Å². The van der Waals surface area contributed by atoms with Crippen LogP contribution in [0.5, 0.6) is 5.75 Å². The van der Waals surface area contributed by atoms with Crippen LogP contribution in [0.4, 0.5) is 0 Å². The van der Waals surface area contributed by atoms with Crippen LogP contribution in [0.25, 0.3) is 0 Å². The molecule has 0 aliphatic rings. The van der Waals surface area contributed by atoms with Crippen molar-refractivity contribution in [1.82, 2.24) is 0 Å². The van der Waals surface area contributed by atoms with E-state index in [1.54, 1.807) is 13.2 Å². The van der Waals surface area contributed by atoms with Crippen LogP contribution >= 0.6 is 15.9 Å². The lowest BCUT2D eigenvalue weighted by Gasteiger charge is -2.23. The molecule has 0 bridgehead atoms. The average Bonchev–Trinajstić information content (AvgIpc) is 2.18. The van der Waals surface area contributed by atoms with Crippen molar-refractivity contribution in [1.29, 1.82) is 0 Å². The Balaban J connectivity index is 3.29. The molecule has 94 valence electrons. The van der Waals surface area contributed by atoms with E-state index in [4.69, 9.17) is 9.84 Å². The first-order valence-corrected chi connectivity index (χ1v) is 6.13. The monoisotopic (exact) mass is 300 g/mol. The molecule has 0 unspecified atom stereocenters. The lowest BCUT2D eigenvalue weighted by molar-refractivity contribution is -0.136. The fourth-order valence-corrected chi connectivity index (χ4v) is 2.13. The third-order valence-corrected chi connectivity index (χ3v) is 3.26. The smallest absolute Gasteiger partial charge is 0.307 e. The van der Waals surface area contributed by atoms with Crippen molar-refractivity contribution in [3.05, 3.63) is 27.7 Å². The number of carboxylic acid groups (broad SMARTS) is 1. The summed E-state index contributed by atoms with van der Waals surface area (Å²) in [5.74, 6) is -0.117. The number of rotatable bonds is 3. The molecule has 0 atom stereocenters. The minimum Gasteiger partial charge on any atom is -0.496 e. The summed E-state index contributed by atoms with van der Waals surface area (Å²) in [7, 11) is 1.60. The number of carbonyl (C=O) groups is 1. The zero-order chi connectivity index (χ0) is 13.2. The van der Waals surface area contributed by atoms with Crippen LogP contribution in [0.1, 0.15) is 31.9 Å². The van der Waals surface area contributed by atoms with Gasteiger partial charge in [-0.05, 0) is 23.1 Å². The first-order valence-electron chi connectivity index (χ1n) is 5.34. The van der Waals surface area contributed by atoms with Crippen molar-refractivity contribution < 1.29 is 14.6 Å². The Kier molecular flexibility index (Phi) is 4.20. The van der Waals surface area contributed by atoms with Crippen molar-refractivity contribution in [2.75, 3.05) is 7.11 Å². The predicted molar refractivity (Wildman–Crippen MR) is 70.7 cm³/mol. The molecule has 0 fully saturated rings. The van der Waals surface area contributed by atoms with Gasteiger partial charge in [0.25, 0.3) is 0 Å². The predicted octanol–water partition coefficient (Wildman–Crippen LogP) is 3.38. The molecule has 3 nitrogen and oxygen atoms in total. The van der Waals surface area contributed by atoms with E-state index in [1.807, 2.05) is 6.07 Å². The molecule has 4 heteroatoms. The van der Waals surface area contributed by atoms with Gasteiger partial charge in [-0.1, -0.05) is 36.7 Å². The van der Waals surface area contributed by atoms with Crippen molar-refractivity contribution in [3.63, 3.8) is 0 Å². The van der Waals surface area contributed by atoms with E-state index in [0.717, 1.165) is 21.3 Å². The Hall–Kier alpha value is -1.03. The molecule has 0 aromatic heterocycles. The maximum atomic E-state index is 10.7. The van der Waals surface area contributed by atoms with Gasteiger partial charge in [0.1, 0.15) is 5.75 Å². The fraction of sp³-hybridized carbons (Fsp3) is 0.462. The maximum absolute atomic E-state index is 10.7. The van der Waals surface area contributed by atoms with Gasteiger partial charge in [-0.3, -0.25) is 4.79 Å². The normalized spacial score (nSPS) is 11.4. The second-order valence-corrected chi connectivity index (χ2v) is 5.82. The lowest BCUT2D eigenvalue weighted by Crippen LogP contribution is -2.14. The summed E-state index contributed by atoms with van der Waals surface area (Å²) >= 11 is 3.41. The summed E-state index contributed by atoms with van der Waals surface area (Å²) in [5.41, 5.74) is 1.73. The van der Waals surface area contributed by atoms with Crippen LogP contribution < -0.4 is 4.74 Å². The van der Waals surface area contributed by atoms with E-state index >= 15 is 0 Å². The van der Waals surface area contributed by atoms with Gasteiger partial charge in [0.05, 0.1) is 13.5 Å². The molecule has 0 saturated heterocycles. The minimum absolute atomic E-state index is 0.0125. The SMILES string of the molecule is COc1cc(CC(=O)O)c(Br)cc1C(C)(C)C. The number of methoxy groups -OCH3 is 1. The third-order valence-electron chi connectivity index (χ3n) is 2.52.